The highest BCUT2D eigenvalue weighted by Crippen LogP contribution is 2.09. The Labute approximate surface area is 114 Å². The highest BCUT2D eigenvalue weighted by molar-refractivity contribution is 4.88. The Hall–Kier alpha value is -0.760. The standard InChI is InChI=1S/C9H19N.C5H7N.C2H6/c1-2-7-10-8-5-3-4-6-9-10;1-6-4-2-3-5-6;1-2/h2-9H2,1H3;2-5H,1H3;1-2H3. The van der Waals surface area contributed by atoms with Crippen molar-refractivity contribution in [1.82, 2.24) is 9.47 Å². The van der Waals surface area contributed by atoms with Crippen LogP contribution in [-0.2, 0) is 7.05 Å². The average Bonchev–Trinajstić information content (AvgIpc) is 2.73. The van der Waals surface area contributed by atoms with Gasteiger partial charge >= 0.3 is 0 Å². The van der Waals surface area contributed by atoms with Gasteiger partial charge in [-0.25, -0.2) is 0 Å². The van der Waals surface area contributed by atoms with E-state index in [1.807, 2.05) is 50.0 Å². The Balaban J connectivity index is 0.000000308. The van der Waals surface area contributed by atoms with Crippen LogP contribution in [0.3, 0.4) is 0 Å². The van der Waals surface area contributed by atoms with E-state index in [2.05, 4.69) is 11.8 Å². The Bertz CT molecular complexity index is 234. The lowest BCUT2D eigenvalue weighted by atomic mass is 10.2. The monoisotopic (exact) mass is 252 g/mol. The van der Waals surface area contributed by atoms with Crippen molar-refractivity contribution in [3.05, 3.63) is 24.5 Å². The molecule has 1 aromatic heterocycles. The van der Waals surface area contributed by atoms with Crippen LogP contribution < -0.4 is 0 Å². The van der Waals surface area contributed by atoms with Gasteiger partial charge in [-0.3, -0.25) is 0 Å². The molecule has 2 rings (SSSR count). The molecule has 2 heterocycles. The molecule has 1 aliphatic heterocycles. The molecule has 0 radical (unpaired) electrons. The largest absolute Gasteiger partial charge is 0.357 e. The summed E-state index contributed by atoms with van der Waals surface area (Å²) >= 11 is 0. The Kier molecular flexibility index (Phi) is 12.2. The first-order valence-corrected chi connectivity index (χ1v) is 7.62. The van der Waals surface area contributed by atoms with Crippen LogP contribution in [0.2, 0.25) is 0 Å². The molecule has 0 saturated carbocycles. The van der Waals surface area contributed by atoms with Gasteiger partial charge in [-0.1, -0.05) is 33.6 Å². The van der Waals surface area contributed by atoms with Gasteiger partial charge in [0.1, 0.15) is 0 Å². The van der Waals surface area contributed by atoms with Gasteiger partial charge < -0.3 is 9.47 Å². The van der Waals surface area contributed by atoms with Crippen molar-refractivity contribution in [2.75, 3.05) is 19.6 Å². The van der Waals surface area contributed by atoms with Crippen LogP contribution in [0.4, 0.5) is 0 Å². The molecule has 106 valence electrons. The number of likely N-dealkylation sites (tertiary alicyclic amines) is 1. The summed E-state index contributed by atoms with van der Waals surface area (Å²) in [6, 6.07) is 4.00. The second-order valence-electron chi connectivity index (χ2n) is 4.60. The quantitative estimate of drug-likeness (QED) is 0.761. The van der Waals surface area contributed by atoms with Gasteiger partial charge in [-0.2, -0.15) is 0 Å². The van der Waals surface area contributed by atoms with E-state index >= 15 is 0 Å². The SMILES string of the molecule is CC.CCCN1CCCCCC1.Cn1cccc1. The van der Waals surface area contributed by atoms with Crippen LogP contribution in [-0.4, -0.2) is 29.1 Å². The molecule has 0 atom stereocenters. The zero-order valence-corrected chi connectivity index (χ0v) is 12.9. The third kappa shape index (κ3) is 9.29. The molecule has 1 fully saturated rings. The van der Waals surface area contributed by atoms with Crippen LogP contribution in [0, 0.1) is 0 Å². The molecule has 1 aromatic rings. The summed E-state index contributed by atoms with van der Waals surface area (Å²) in [7, 11) is 2.00. The van der Waals surface area contributed by atoms with E-state index in [9.17, 15) is 0 Å². The van der Waals surface area contributed by atoms with Crippen LogP contribution >= 0.6 is 0 Å². The number of nitrogens with zero attached hydrogens (tertiary/aromatic N) is 2. The van der Waals surface area contributed by atoms with Gasteiger partial charge in [0.05, 0.1) is 0 Å². The predicted octanol–water partition coefficient (Wildman–Crippen LogP) is 4.32. The molecule has 0 N–H and O–H groups in total. The lowest BCUT2D eigenvalue weighted by Crippen LogP contribution is -2.25. The number of aryl methyl sites for hydroxylation is 1. The highest BCUT2D eigenvalue weighted by Gasteiger charge is 2.06. The van der Waals surface area contributed by atoms with Gasteiger partial charge in [0.25, 0.3) is 0 Å². The minimum absolute atomic E-state index is 1.32. The summed E-state index contributed by atoms with van der Waals surface area (Å²) in [6.07, 6.45) is 11.1. The maximum atomic E-state index is 2.60. The minimum Gasteiger partial charge on any atom is -0.357 e. The minimum atomic E-state index is 1.32. The van der Waals surface area contributed by atoms with E-state index in [0.717, 1.165) is 0 Å². The van der Waals surface area contributed by atoms with E-state index in [1.54, 1.807) is 0 Å². The fourth-order valence-corrected chi connectivity index (χ4v) is 2.10. The van der Waals surface area contributed by atoms with E-state index in [4.69, 9.17) is 0 Å². The summed E-state index contributed by atoms with van der Waals surface area (Å²) in [5, 5.41) is 0. The van der Waals surface area contributed by atoms with Crippen molar-refractivity contribution >= 4 is 0 Å². The Morgan fingerprint density at radius 2 is 1.39 bits per heavy atom. The third-order valence-electron chi connectivity index (χ3n) is 2.99. The molecule has 18 heavy (non-hydrogen) atoms. The predicted molar refractivity (Wildman–Crippen MR) is 82.0 cm³/mol. The maximum absolute atomic E-state index is 2.60. The van der Waals surface area contributed by atoms with Crippen LogP contribution in [0.1, 0.15) is 52.9 Å². The van der Waals surface area contributed by atoms with Gasteiger partial charge in [-0.05, 0) is 51.0 Å². The molecule has 1 saturated heterocycles. The molecule has 0 aromatic carbocycles. The smallest absolute Gasteiger partial charge is 0.0106 e. The van der Waals surface area contributed by atoms with Crippen LogP contribution in [0.25, 0.3) is 0 Å². The van der Waals surface area contributed by atoms with E-state index in [-0.39, 0.29) is 0 Å². The Morgan fingerprint density at radius 3 is 1.72 bits per heavy atom. The molecule has 0 amide bonds. The molecule has 0 aliphatic carbocycles. The number of hydrogen-bond donors (Lipinski definition) is 0. The molecule has 0 bridgehead atoms. The summed E-state index contributed by atoms with van der Waals surface area (Å²) in [6.45, 7) is 10.3. The molecular formula is C16H32N2. The normalized spacial score (nSPS) is 15.8. The van der Waals surface area contributed by atoms with Crippen molar-refractivity contribution in [3.63, 3.8) is 0 Å². The molecule has 1 aliphatic rings. The van der Waals surface area contributed by atoms with E-state index < -0.39 is 0 Å². The summed E-state index contributed by atoms with van der Waals surface area (Å²) in [5.74, 6) is 0. The second kappa shape index (κ2) is 12.7. The van der Waals surface area contributed by atoms with Gasteiger partial charge in [0.15, 0.2) is 0 Å². The van der Waals surface area contributed by atoms with E-state index in [0.29, 0.717) is 0 Å². The number of hydrogen-bond acceptors (Lipinski definition) is 1. The lowest BCUT2D eigenvalue weighted by molar-refractivity contribution is 0.286. The third-order valence-corrected chi connectivity index (χ3v) is 2.99. The van der Waals surface area contributed by atoms with Crippen molar-refractivity contribution in [1.29, 1.82) is 0 Å². The number of aromatic nitrogens is 1. The maximum Gasteiger partial charge on any atom is 0.0106 e. The molecule has 0 unspecified atom stereocenters. The molecule has 2 heteroatoms. The zero-order valence-electron chi connectivity index (χ0n) is 12.9. The fourth-order valence-electron chi connectivity index (χ4n) is 2.10. The average molecular weight is 252 g/mol. The van der Waals surface area contributed by atoms with E-state index in [1.165, 1.54) is 51.7 Å². The van der Waals surface area contributed by atoms with Crippen LogP contribution in [0.5, 0.6) is 0 Å². The van der Waals surface area contributed by atoms with Crippen LogP contribution in [0.15, 0.2) is 24.5 Å². The molecule has 2 nitrogen and oxygen atoms in total. The highest BCUT2D eigenvalue weighted by atomic mass is 15.1. The first-order valence-electron chi connectivity index (χ1n) is 7.62. The van der Waals surface area contributed by atoms with Crippen molar-refractivity contribution in [2.24, 2.45) is 7.05 Å². The van der Waals surface area contributed by atoms with Gasteiger partial charge in [0, 0.05) is 19.4 Å². The van der Waals surface area contributed by atoms with Gasteiger partial charge in [0.2, 0.25) is 0 Å². The molecule has 0 spiro atoms. The molecular weight excluding hydrogens is 220 g/mol. The topological polar surface area (TPSA) is 8.17 Å². The second-order valence-corrected chi connectivity index (χ2v) is 4.60. The van der Waals surface area contributed by atoms with Crippen molar-refractivity contribution in [3.8, 4) is 0 Å². The fraction of sp³-hybridized carbons (Fsp3) is 0.750. The number of rotatable bonds is 2. The first-order chi connectivity index (χ1) is 8.83. The van der Waals surface area contributed by atoms with Gasteiger partial charge in [-0.15, -0.1) is 0 Å². The summed E-state index contributed by atoms with van der Waals surface area (Å²) in [4.78, 5) is 2.60. The van der Waals surface area contributed by atoms with Crippen molar-refractivity contribution < 1.29 is 0 Å². The van der Waals surface area contributed by atoms with Crippen molar-refractivity contribution in [2.45, 2.75) is 52.9 Å². The zero-order chi connectivity index (χ0) is 13.6. The summed E-state index contributed by atoms with van der Waals surface area (Å²) in [5.41, 5.74) is 0. The Morgan fingerprint density at radius 1 is 0.889 bits per heavy atom. The first kappa shape index (κ1) is 17.2. The summed E-state index contributed by atoms with van der Waals surface area (Å²) < 4.78 is 2.00. The lowest BCUT2D eigenvalue weighted by Gasteiger charge is -2.17.